The van der Waals surface area contributed by atoms with E-state index in [-0.39, 0.29) is 0 Å². The van der Waals surface area contributed by atoms with Crippen LogP contribution >= 0.6 is 22.9 Å². The van der Waals surface area contributed by atoms with E-state index in [0.29, 0.717) is 6.04 Å². The molecule has 0 bridgehead atoms. The van der Waals surface area contributed by atoms with Crippen molar-refractivity contribution in [1.82, 2.24) is 5.32 Å². The normalized spacial score (nSPS) is 18.8. The summed E-state index contributed by atoms with van der Waals surface area (Å²) in [6, 6.07) is 4.70. The van der Waals surface area contributed by atoms with Crippen LogP contribution < -0.4 is 5.32 Å². The summed E-state index contributed by atoms with van der Waals surface area (Å²) in [5.74, 6) is 0.940. The van der Waals surface area contributed by atoms with Gasteiger partial charge in [0.1, 0.15) is 0 Å². The molecule has 84 valence electrons. The minimum Gasteiger partial charge on any atom is -0.310 e. The second kappa shape index (κ2) is 5.33. The van der Waals surface area contributed by atoms with Crippen LogP contribution in [0.1, 0.15) is 43.5 Å². The molecule has 3 heteroatoms. The average molecular weight is 244 g/mol. The molecule has 0 aromatic carbocycles. The molecule has 15 heavy (non-hydrogen) atoms. The lowest BCUT2D eigenvalue weighted by molar-refractivity contribution is 0.264. The predicted octanol–water partition coefficient (Wildman–Crippen LogP) is 4.24. The van der Waals surface area contributed by atoms with Crippen LogP contribution in [0.15, 0.2) is 12.1 Å². The second-order valence-corrected chi connectivity index (χ2v) is 6.03. The minimum atomic E-state index is 0.526. The Morgan fingerprint density at radius 2 is 2.33 bits per heavy atom. The van der Waals surface area contributed by atoms with Crippen molar-refractivity contribution in [3.8, 4) is 0 Å². The number of nitrogens with one attached hydrogen (secondary N) is 1. The van der Waals surface area contributed by atoms with E-state index in [9.17, 15) is 0 Å². The van der Waals surface area contributed by atoms with Crippen LogP contribution in [0.3, 0.4) is 0 Å². The third-order valence-corrected chi connectivity index (χ3v) is 4.53. The van der Waals surface area contributed by atoms with Gasteiger partial charge in [0, 0.05) is 10.9 Å². The quantitative estimate of drug-likeness (QED) is 0.816. The molecule has 0 radical (unpaired) electrons. The molecule has 1 N–H and O–H groups in total. The summed E-state index contributed by atoms with van der Waals surface area (Å²) in [7, 11) is 0. The van der Waals surface area contributed by atoms with Gasteiger partial charge in [0.25, 0.3) is 0 Å². The summed E-state index contributed by atoms with van der Waals surface area (Å²) < 4.78 is 0.904. The van der Waals surface area contributed by atoms with E-state index in [2.05, 4.69) is 18.3 Å². The Morgan fingerprint density at radius 1 is 1.53 bits per heavy atom. The fourth-order valence-electron chi connectivity index (χ4n) is 2.12. The molecule has 1 atom stereocenters. The van der Waals surface area contributed by atoms with Crippen molar-refractivity contribution in [2.75, 3.05) is 6.54 Å². The lowest BCUT2D eigenvalue weighted by atomic mass is 9.80. The van der Waals surface area contributed by atoms with Crippen LogP contribution in [0.4, 0.5) is 0 Å². The molecule has 1 nitrogen and oxygen atoms in total. The Balaban J connectivity index is 1.97. The molecule has 1 unspecified atom stereocenters. The fourth-order valence-corrected chi connectivity index (χ4v) is 3.27. The van der Waals surface area contributed by atoms with Crippen molar-refractivity contribution in [3.63, 3.8) is 0 Å². The molecule has 1 aliphatic rings. The maximum atomic E-state index is 5.98. The zero-order chi connectivity index (χ0) is 10.7. The molecular weight excluding hydrogens is 226 g/mol. The topological polar surface area (TPSA) is 12.0 Å². The van der Waals surface area contributed by atoms with Crippen molar-refractivity contribution in [3.05, 3.63) is 21.3 Å². The van der Waals surface area contributed by atoms with E-state index in [4.69, 9.17) is 11.6 Å². The summed E-state index contributed by atoms with van der Waals surface area (Å²) in [5.41, 5.74) is 0. The van der Waals surface area contributed by atoms with Gasteiger partial charge < -0.3 is 5.32 Å². The highest BCUT2D eigenvalue weighted by molar-refractivity contribution is 7.16. The van der Waals surface area contributed by atoms with Crippen LogP contribution in [0, 0.1) is 5.92 Å². The van der Waals surface area contributed by atoms with Gasteiger partial charge in [-0.1, -0.05) is 37.8 Å². The van der Waals surface area contributed by atoms with Crippen LogP contribution in [0.2, 0.25) is 4.34 Å². The summed E-state index contributed by atoms with van der Waals surface area (Å²) in [6.07, 6.45) is 5.54. The van der Waals surface area contributed by atoms with Crippen LogP contribution in [-0.2, 0) is 0 Å². The molecule has 1 saturated carbocycles. The second-order valence-electron chi connectivity index (χ2n) is 4.28. The summed E-state index contributed by atoms with van der Waals surface area (Å²) in [5, 5.41) is 3.56. The molecule has 1 aromatic heterocycles. The van der Waals surface area contributed by atoms with Gasteiger partial charge in [-0.05, 0) is 31.0 Å². The monoisotopic (exact) mass is 243 g/mol. The maximum Gasteiger partial charge on any atom is 0.0931 e. The van der Waals surface area contributed by atoms with Crippen molar-refractivity contribution in [2.24, 2.45) is 5.92 Å². The molecule has 1 aliphatic carbocycles. The van der Waals surface area contributed by atoms with Crippen molar-refractivity contribution >= 4 is 22.9 Å². The zero-order valence-electron chi connectivity index (χ0n) is 9.13. The van der Waals surface area contributed by atoms with E-state index >= 15 is 0 Å². The molecule has 0 spiro atoms. The molecule has 2 rings (SSSR count). The standard InChI is InChI=1S/C12H18ClNS/c1-2-14-10(8-9-4-3-5-9)11-6-7-12(13)15-11/h6-7,9-10,14H,2-5,8H2,1H3. The van der Waals surface area contributed by atoms with Gasteiger partial charge >= 0.3 is 0 Å². The summed E-state index contributed by atoms with van der Waals surface area (Å²) >= 11 is 7.70. The highest BCUT2D eigenvalue weighted by atomic mass is 35.5. The molecule has 0 aliphatic heterocycles. The van der Waals surface area contributed by atoms with Crippen molar-refractivity contribution in [2.45, 2.75) is 38.6 Å². The van der Waals surface area contributed by atoms with Gasteiger partial charge in [0.05, 0.1) is 4.34 Å². The predicted molar refractivity (Wildman–Crippen MR) is 67.7 cm³/mol. The Bertz CT molecular complexity index is 306. The molecule has 1 aromatic rings. The third kappa shape index (κ3) is 2.96. The van der Waals surface area contributed by atoms with Gasteiger partial charge in [-0.2, -0.15) is 0 Å². The number of rotatable bonds is 5. The van der Waals surface area contributed by atoms with E-state index in [1.165, 1.54) is 30.6 Å². The van der Waals surface area contributed by atoms with E-state index < -0.39 is 0 Å². The summed E-state index contributed by atoms with van der Waals surface area (Å²) in [4.78, 5) is 1.40. The molecule has 1 fully saturated rings. The zero-order valence-corrected chi connectivity index (χ0v) is 10.7. The molecular formula is C12H18ClNS. The van der Waals surface area contributed by atoms with E-state index in [1.54, 1.807) is 11.3 Å². The van der Waals surface area contributed by atoms with Crippen molar-refractivity contribution in [1.29, 1.82) is 0 Å². The summed E-state index contributed by atoms with van der Waals surface area (Å²) in [6.45, 7) is 3.20. The first-order chi connectivity index (χ1) is 7.29. The largest absolute Gasteiger partial charge is 0.310 e. The number of hydrogen-bond acceptors (Lipinski definition) is 2. The fraction of sp³-hybridized carbons (Fsp3) is 0.667. The van der Waals surface area contributed by atoms with Gasteiger partial charge in [-0.3, -0.25) is 0 Å². The SMILES string of the molecule is CCNC(CC1CCC1)c1ccc(Cl)s1. The number of halogens is 1. The van der Waals surface area contributed by atoms with E-state index in [1.807, 2.05) is 6.07 Å². The van der Waals surface area contributed by atoms with Crippen LogP contribution in [0.5, 0.6) is 0 Å². The van der Waals surface area contributed by atoms with Gasteiger partial charge in [0.15, 0.2) is 0 Å². The third-order valence-electron chi connectivity index (χ3n) is 3.18. The molecule has 1 heterocycles. The average Bonchev–Trinajstić information content (AvgIpc) is 2.56. The van der Waals surface area contributed by atoms with Gasteiger partial charge in [0.2, 0.25) is 0 Å². The van der Waals surface area contributed by atoms with Gasteiger partial charge in [-0.25, -0.2) is 0 Å². The Labute approximate surface area is 101 Å². The number of hydrogen-bond donors (Lipinski definition) is 1. The van der Waals surface area contributed by atoms with Gasteiger partial charge in [-0.15, -0.1) is 11.3 Å². The van der Waals surface area contributed by atoms with E-state index in [0.717, 1.165) is 16.8 Å². The smallest absolute Gasteiger partial charge is 0.0931 e. The Kier molecular flexibility index (Phi) is 4.06. The highest BCUT2D eigenvalue weighted by Gasteiger charge is 2.23. The van der Waals surface area contributed by atoms with Crippen LogP contribution in [0.25, 0.3) is 0 Å². The Morgan fingerprint density at radius 3 is 2.80 bits per heavy atom. The lowest BCUT2D eigenvalue weighted by Crippen LogP contribution is -2.25. The van der Waals surface area contributed by atoms with Crippen LogP contribution in [-0.4, -0.2) is 6.54 Å². The first-order valence-corrected chi connectivity index (χ1v) is 6.97. The molecule has 0 saturated heterocycles. The minimum absolute atomic E-state index is 0.526. The first kappa shape index (κ1) is 11.4. The van der Waals surface area contributed by atoms with Crippen molar-refractivity contribution < 1.29 is 0 Å². The lowest BCUT2D eigenvalue weighted by Gasteiger charge is -2.29. The Hall–Kier alpha value is -0.0500. The number of thiophene rings is 1. The molecule has 0 amide bonds. The first-order valence-electron chi connectivity index (χ1n) is 5.78. The maximum absolute atomic E-state index is 5.98. The highest BCUT2D eigenvalue weighted by Crippen LogP contribution is 2.37.